The molecule has 0 saturated heterocycles. The van der Waals surface area contributed by atoms with Gasteiger partial charge >= 0.3 is 0 Å². The molecule has 0 amide bonds. The molecule has 1 heteroatoms. The predicted octanol–water partition coefficient (Wildman–Crippen LogP) is 5.60. The van der Waals surface area contributed by atoms with Crippen LogP contribution in [0.4, 0.5) is 0 Å². The van der Waals surface area contributed by atoms with Crippen molar-refractivity contribution in [1.29, 1.82) is 0 Å². The highest BCUT2D eigenvalue weighted by molar-refractivity contribution is 4.82. The standard InChI is InChI=1S/C17H34O/c1-16(2,3)13-11-9-7-8-10-12-14-18-15-17(4,5)6/h7-8H,9-15H2,1-6H3. The van der Waals surface area contributed by atoms with E-state index in [1.165, 1.54) is 19.3 Å². The Morgan fingerprint density at radius 3 is 1.83 bits per heavy atom. The van der Waals surface area contributed by atoms with Crippen LogP contribution in [0.1, 0.15) is 73.6 Å². The molecule has 18 heavy (non-hydrogen) atoms. The summed E-state index contributed by atoms with van der Waals surface area (Å²) in [6.45, 7) is 15.3. The van der Waals surface area contributed by atoms with E-state index < -0.39 is 0 Å². The van der Waals surface area contributed by atoms with Gasteiger partial charge in [-0.15, -0.1) is 0 Å². The van der Waals surface area contributed by atoms with Gasteiger partial charge in [-0.05, 0) is 42.9 Å². The van der Waals surface area contributed by atoms with Crippen molar-refractivity contribution >= 4 is 0 Å². The fourth-order valence-corrected chi connectivity index (χ4v) is 1.67. The molecule has 0 fully saturated rings. The highest BCUT2D eigenvalue weighted by Crippen LogP contribution is 2.21. The zero-order valence-electron chi connectivity index (χ0n) is 13.5. The molecule has 0 aliphatic heterocycles. The minimum atomic E-state index is 0.294. The molecule has 0 unspecified atom stereocenters. The minimum Gasteiger partial charge on any atom is -0.381 e. The van der Waals surface area contributed by atoms with Crippen LogP contribution in [0.2, 0.25) is 0 Å². The van der Waals surface area contributed by atoms with Crippen LogP contribution in [0, 0.1) is 10.8 Å². The van der Waals surface area contributed by atoms with E-state index in [0.29, 0.717) is 10.8 Å². The number of hydrogen-bond donors (Lipinski definition) is 0. The SMILES string of the molecule is CC(C)(C)CCCC=CCCCOCC(C)(C)C. The van der Waals surface area contributed by atoms with Gasteiger partial charge in [0, 0.05) is 6.61 Å². The van der Waals surface area contributed by atoms with E-state index in [1.807, 2.05) is 0 Å². The number of allylic oxidation sites excluding steroid dienone is 2. The van der Waals surface area contributed by atoms with Crippen molar-refractivity contribution in [3.8, 4) is 0 Å². The first-order valence-corrected chi connectivity index (χ1v) is 7.43. The second-order valence-electron chi connectivity index (χ2n) is 7.68. The summed E-state index contributed by atoms with van der Waals surface area (Å²) in [5, 5.41) is 0. The first-order chi connectivity index (χ1) is 8.21. The molecule has 0 aliphatic carbocycles. The lowest BCUT2D eigenvalue weighted by Gasteiger charge is -2.17. The maximum atomic E-state index is 5.64. The van der Waals surface area contributed by atoms with E-state index in [-0.39, 0.29) is 0 Å². The van der Waals surface area contributed by atoms with E-state index in [9.17, 15) is 0 Å². The topological polar surface area (TPSA) is 9.23 Å². The quantitative estimate of drug-likeness (QED) is 0.404. The third kappa shape index (κ3) is 15.7. The van der Waals surface area contributed by atoms with Crippen molar-refractivity contribution in [3.63, 3.8) is 0 Å². The summed E-state index contributed by atoms with van der Waals surface area (Å²) in [4.78, 5) is 0. The van der Waals surface area contributed by atoms with Gasteiger partial charge in [0.15, 0.2) is 0 Å². The molecule has 0 aromatic rings. The summed E-state index contributed by atoms with van der Waals surface area (Å²) >= 11 is 0. The molecule has 0 aromatic carbocycles. The second-order valence-corrected chi connectivity index (χ2v) is 7.68. The fourth-order valence-electron chi connectivity index (χ4n) is 1.67. The number of unbranched alkanes of at least 4 members (excludes halogenated alkanes) is 2. The Hall–Kier alpha value is -0.300. The summed E-state index contributed by atoms with van der Waals surface area (Å²) in [6, 6.07) is 0. The Bertz CT molecular complexity index is 215. The minimum absolute atomic E-state index is 0.294. The molecule has 0 aliphatic rings. The van der Waals surface area contributed by atoms with Gasteiger partial charge in [-0.25, -0.2) is 0 Å². The third-order valence-corrected chi connectivity index (χ3v) is 2.66. The number of ether oxygens (including phenoxy) is 1. The Morgan fingerprint density at radius 2 is 1.33 bits per heavy atom. The zero-order valence-corrected chi connectivity index (χ0v) is 13.5. The molecular weight excluding hydrogens is 220 g/mol. The van der Waals surface area contributed by atoms with Crippen molar-refractivity contribution in [2.45, 2.75) is 73.6 Å². The normalized spacial score (nSPS) is 13.4. The average Bonchev–Trinajstić information content (AvgIpc) is 2.17. The average molecular weight is 254 g/mol. The Balaban J connectivity index is 3.29. The molecule has 0 rings (SSSR count). The van der Waals surface area contributed by atoms with Crippen LogP contribution < -0.4 is 0 Å². The highest BCUT2D eigenvalue weighted by Gasteiger charge is 2.09. The van der Waals surface area contributed by atoms with Gasteiger partial charge in [-0.3, -0.25) is 0 Å². The molecule has 0 heterocycles. The largest absolute Gasteiger partial charge is 0.381 e. The predicted molar refractivity (Wildman–Crippen MR) is 82.0 cm³/mol. The molecule has 1 nitrogen and oxygen atoms in total. The molecule has 0 N–H and O–H groups in total. The molecular formula is C17H34O. The van der Waals surface area contributed by atoms with E-state index in [0.717, 1.165) is 26.1 Å². The number of rotatable bonds is 8. The van der Waals surface area contributed by atoms with Crippen LogP contribution in [0.5, 0.6) is 0 Å². The van der Waals surface area contributed by atoms with E-state index in [2.05, 4.69) is 53.7 Å². The number of hydrogen-bond acceptors (Lipinski definition) is 1. The van der Waals surface area contributed by atoms with Crippen molar-refractivity contribution in [3.05, 3.63) is 12.2 Å². The molecule has 108 valence electrons. The summed E-state index contributed by atoms with van der Waals surface area (Å²) in [6.07, 6.45) is 10.8. The first-order valence-electron chi connectivity index (χ1n) is 7.43. The highest BCUT2D eigenvalue weighted by atomic mass is 16.5. The molecule has 0 radical (unpaired) electrons. The zero-order chi connectivity index (χ0) is 14.1. The lowest BCUT2D eigenvalue weighted by molar-refractivity contribution is 0.0701. The van der Waals surface area contributed by atoms with Crippen molar-refractivity contribution in [2.75, 3.05) is 13.2 Å². The molecule has 0 bridgehead atoms. The van der Waals surface area contributed by atoms with E-state index in [4.69, 9.17) is 4.74 Å². The molecule has 0 saturated carbocycles. The van der Waals surface area contributed by atoms with Crippen LogP contribution in [0.15, 0.2) is 12.2 Å². The summed E-state index contributed by atoms with van der Waals surface area (Å²) in [7, 11) is 0. The van der Waals surface area contributed by atoms with Gasteiger partial charge in [0.1, 0.15) is 0 Å². The lowest BCUT2D eigenvalue weighted by atomic mass is 9.90. The van der Waals surface area contributed by atoms with Crippen LogP contribution in [0.3, 0.4) is 0 Å². The Kier molecular flexibility index (Phi) is 8.60. The third-order valence-electron chi connectivity index (χ3n) is 2.66. The van der Waals surface area contributed by atoms with Crippen LogP contribution >= 0.6 is 0 Å². The Morgan fingerprint density at radius 1 is 0.778 bits per heavy atom. The van der Waals surface area contributed by atoms with Gasteiger partial charge in [-0.2, -0.15) is 0 Å². The first kappa shape index (κ1) is 17.7. The maximum absolute atomic E-state index is 5.64. The van der Waals surface area contributed by atoms with Crippen LogP contribution in [-0.4, -0.2) is 13.2 Å². The Labute approximate surface area is 115 Å². The molecule has 0 atom stereocenters. The van der Waals surface area contributed by atoms with Gasteiger partial charge in [-0.1, -0.05) is 53.7 Å². The van der Waals surface area contributed by atoms with Crippen molar-refractivity contribution < 1.29 is 4.74 Å². The van der Waals surface area contributed by atoms with Crippen molar-refractivity contribution in [2.24, 2.45) is 10.8 Å². The summed E-state index contributed by atoms with van der Waals surface area (Å²) < 4.78 is 5.64. The van der Waals surface area contributed by atoms with E-state index >= 15 is 0 Å². The molecule has 0 aromatic heterocycles. The van der Waals surface area contributed by atoms with Gasteiger partial charge in [0.25, 0.3) is 0 Å². The summed E-state index contributed by atoms with van der Waals surface area (Å²) in [5.74, 6) is 0. The van der Waals surface area contributed by atoms with Crippen LogP contribution in [0.25, 0.3) is 0 Å². The second kappa shape index (κ2) is 8.74. The maximum Gasteiger partial charge on any atom is 0.0514 e. The monoisotopic (exact) mass is 254 g/mol. The summed E-state index contributed by atoms with van der Waals surface area (Å²) in [5.41, 5.74) is 0.775. The van der Waals surface area contributed by atoms with Gasteiger partial charge < -0.3 is 4.74 Å². The van der Waals surface area contributed by atoms with Crippen molar-refractivity contribution in [1.82, 2.24) is 0 Å². The fraction of sp³-hybridized carbons (Fsp3) is 0.882. The molecule has 0 spiro atoms. The smallest absolute Gasteiger partial charge is 0.0514 e. The van der Waals surface area contributed by atoms with Crippen LogP contribution in [-0.2, 0) is 4.74 Å². The van der Waals surface area contributed by atoms with E-state index in [1.54, 1.807) is 0 Å². The van der Waals surface area contributed by atoms with Gasteiger partial charge in [0.05, 0.1) is 6.61 Å². The van der Waals surface area contributed by atoms with Gasteiger partial charge in [0.2, 0.25) is 0 Å². The lowest BCUT2D eigenvalue weighted by Crippen LogP contribution is -2.14.